The van der Waals surface area contributed by atoms with Gasteiger partial charge in [0, 0.05) is 44.4 Å². The predicted molar refractivity (Wildman–Crippen MR) is 121 cm³/mol. The van der Waals surface area contributed by atoms with Gasteiger partial charge in [-0.2, -0.15) is 4.31 Å². The minimum atomic E-state index is -3.70. The molecule has 1 saturated heterocycles. The zero-order valence-electron chi connectivity index (χ0n) is 18.5. The number of nitrogens with one attached hydrogen (secondary N) is 1. The summed E-state index contributed by atoms with van der Waals surface area (Å²) >= 11 is 0. The van der Waals surface area contributed by atoms with Crippen molar-refractivity contribution in [1.82, 2.24) is 9.21 Å². The van der Waals surface area contributed by atoms with Gasteiger partial charge in [-0.1, -0.05) is 6.92 Å². The number of ether oxygens (including phenoxy) is 2. The maximum Gasteiger partial charge on any atom is 0.243 e. The molecule has 2 heterocycles. The lowest BCUT2D eigenvalue weighted by Gasteiger charge is -2.37. The topological polar surface area (TPSA) is 88.2 Å². The zero-order chi connectivity index (χ0) is 23.4. The Balaban J connectivity index is 1.40. The molecule has 178 valence electrons. The van der Waals surface area contributed by atoms with E-state index in [4.69, 9.17) is 9.47 Å². The first-order chi connectivity index (χ1) is 15.9. The van der Waals surface area contributed by atoms with E-state index in [1.54, 1.807) is 12.1 Å². The maximum atomic E-state index is 13.2. The molecule has 1 atom stereocenters. The Kier molecular flexibility index (Phi) is 7.16. The fourth-order valence-electron chi connectivity index (χ4n) is 4.08. The number of fused-ring (bicyclic) bond motifs is 1. The number of piperazine rings is 1. The van der Waals surface area contributed by atoms with Gasteiger partial charge in [0.25, 0.3) is 0 Å². The number of hydrogen-bond acceptors (Lipinski definition) is 6. The van der Waals surface area contributed by atoms with Crippen LogP contribution in [0.1, 0.15) is 19.8 Å². The van der Waals surface area contributed by atoms with Gasteiger partial charge < -0.3 is 14.8 Å². The van der Waals surface area contributed by atoms with Crippen molar-refractivity contribution in [2.45, 2.75) is 30.7 Å². The minimum absolute atomic E-state index is 0.168. The summed E-state index contributed by atoms with van der Waals surface area (Å²) in [4.78, 5) is 14.9. The summed E-state index contributed by atoms with van der Waals surface area (Å²) in [6.07, 6.45) is 1.31. The van der Waals surface area contributed by atoms with E-state index < -0.39 is 16.1 Å². The second kappa shape index (κ2) is 10.1. The van der Waals surface area contributed by atoms with Crippen molar-refractivity contribution in [3.05, 3.63) is 48.3 Å². The molecule has 0 unspecified atom stereocenters. The highest BCUT2D eigenvalue weighted by atomic mass is 32.2. The molecule has 0 bridgehead atoms. The first-order valence-electron chi connectivity index (χ1n) is 11.1. The van der Waals surface area contributed by atoms with Gasteiger partial charge in [0.2, 0.25) is 15.9 Å². The molecule has 4 rings (SSSR count). The van der Waals surface area contributed by atoms with Crippen LogP contribution in [0.5, 0.6) is 11.5 Å². The van der Waals surface area contributed by atoms with Gasteiger partial charge in [-0.15, -0.1) is 0 Å². The van der Waals surface area contributed by atoms with Crippen molar-refractivity contribution in [2.24, 2.45) is 0 Å². The lowest BCUT2D eigenvalue weighted by Crippen LogP contribution is -2.54. The van der Waals surface area contributed by atoms with Gasteiger partial charge in [-0.25, -0.2) is 12.8 Å². The highest BCUT2D eigenvalue weighted by Crippen LogP contribution is 2.33. The number of rotatable bonds is 6. The summed E-state index contributed by atoms with van der Waals surface area (Å²) in [6, 6.07) is 9.90. The van der Waals surface area contributed by atoms with E-state index in [9.17, 15) is 17.6 Å². The van der Waals surface area contributed by atoms with Crippen molar-refractivity contribution < 1.29 is 27.1 Å². The van der Waals surface area contributed by atoms with Crippen molar-refractivity contribution in [1.29, 1.82) is 0 Å². The maximum absolute atomic E-state index is 13.2. The van der Waals surface area contributed by atoms with Crippen LogP contribution in [0, 0.1) is 5.82 Å². The molecule has 0 radical (unpaired) electrons. The number of halogens is 1. The van der Waals surface area contributed by atoms with E-state index in [2.05, 4.69) is 5.32 Å². The molecule has 0 saturated carbocycles. The van der Waals surface area contributed by atoms with E-state index in [0.29, 0.717) is 49.9 Å². The number of amides is 1. The molecular weight excluding hydrogens is 449 g/mol. The number of anilines is 1. The standard InChI is InChI=1S/C23H28FN3O5S/c1-2-20(23(28)25-18-6-4-17(24)5-7-18)26-10-12-27(13-11-26)33(29,30)19-8-9-21-22(16-19)32-15-3-14-31-21/h4-9,16,20H,2-3,10-15H2,1H3,(H,25,28)/t20-/m0/s1. The van der Waals surface area contributed by atoms with Gasteiger partial charge in [0.05, 0.1) is 24.2 Å². The number of sulfonamides is 1. The second-order valence-electron chi connectivity index (χ2n) is 8.02. The van der Waals surface area contributed by atoms with E-state index in [0.717, 1.165) is 6.42 Å². The minimum Gasteiger partial charge on any atom is -0.490 e. The monoisotopic (exact) mass is 477 g/mol. The third-order valence-corrected chi connectivity index (χ3v) is 7.77. The molecule has 0 aliphatic carbocycles. The first kappa shape index (κ1) is 23.5. The summed E-state index contributed by atoms with van der Waals surface area (Å²) in [5.74, 6) is 0.430. The van der Waals surface area contributed by atoms with Crippen LogP contribution >= 0.6 is 0 Å². The molecule has 10 heteroatoms. The van der Waals surface area contributed by atoms with Gasteiger partial charge in [0.1, 0.15) is 5.82 Å². The molecule has 33 heavy (non-hydrogen) atoms. The highest BCUT2D eigenvalue weighted by molar-refractivity contribution is 7.89. The van der Waals surface area contributed by atoms with Crippen LogP contribution in [0.4, 0.5) is 10.1 Å². The average molecular weight is 478 g/mol. The molecule has 2 aliphatic heterocycles. The molecule has 1 amide bonds. The quantitative estimate of drug-likeness (QED) is 0.688. The smallest absolute Gasteiger partial charge is 0.243 e. The number of hydrogen-bond donors (Lipinski definition) is 1. The first-order valence-corrected chi connectivity index (χ1v) is 12.5. The SMILES string of the molecule is CC[C@@H](C(=O)Nc1ccc(F)cc1)N1CCN(S(=O)(=O)c2ccc3c(c2)OCCCO3)CC1. The zero-order valence-corrected chi connectivity index (χ0v) is 19.3. The van der Waals surface area contributed by atoms with Crippen LogP contribution in [-0.2, 0) is 14.8 Å². The summed E-state index contributed by atoms with van der Waals surface area (Å²) in [5.41, 5.74) is 0.524. The normalized spacial score (nSPS) is 18.4. The number of carbonyl (C=O) groups excluding carboxylic acids is 1. The fourth-order valence-corrected chi connectivity index (χ4v) is 5.52. The Bertz CT molecular complexity index is 1090. The van der Waals surface area contributed by atoms with Crippen LogP contribution in [0.3, 0.4) is 0 Å². The van der Waals surface area contributed by atoms with Crippen molar-refractivity contribution >= 4 is 21.6 Å². The Labute approximate surface area is 193 Å². The molecule has 2 aromatic rings. The van der Waals surface area contributed by atoms with Crippen molar-refractivity contribution in [3.63, 3.8) is 0 Å². The van der Waals surface area contributed by atoms with Crippen LogP contribution in [0.25, 0.3) is 0 Å². The van der Waals surface area contributed by atoms with Crippen LogP contribution in [0.2, 0.25) is 0 Å². The van der Waals surface area contributed by atoms with E-state index >= 15 is 0 Å². The average Bonchev–Trinajstić information content (AvgIpc) is 3.06. The van der Waals surface area contributed by atoms with Gasteiger partial charge in [-0.3, -0.25) is 9.69 Å². The molecule has 8 nitrogen and oxygen atoms in total. The summed E-state index contributed by atoms with van der Waals surface area (Å²) in [6.45, 7) is 4.34. The lowest BCUT2D eigenvalue weighted by molar-refractivity contribution is -0.121. The fraction of sp³-hybridized carbons (Fsp3) is 0.435. The third-order valence-electron chi connectivity index (χ3n) is 5.87. The van der Waals surface area contributed by atoms with Crippen molar-refractivity contribution in [2.75, 3.05) is 44.7 Å². The van der Waals surface area contributed by atoms with E-state index in [1.165, 1.54) is 34.6 Å². The molecule has 1 fully saturated rings. The molecule has 0 spiro atoms. The Morgan fingerprint density at radius 3 is 2.36 bits per heavy atom. The van der Waals surface area contributed by atoms with E-state index in [1.807, 2.05) is 11.8 Å². The molecule has 2 aliphatic rings. The van der Waals surface area contributed by atoms with E-state index in [-0.39, 0.29) is 29.7 Å². The van der Waals surface area contributed by atoms with Crippen LogP contribution < -0.4 is 14.8 Å². The Morgan fingerprint density at radius 1 is 1.03 bits per heavy atom. The molecule has 2 aromatic carbocycles. The number of nitrogens with zero attached hydrogens (tertiary/aromatic N) is 2. The van der Waals surface area contributed by atoms with Gasteiger partial charge in [0.15, 0.2) is 11.5 Å². The largest absolute Gasteiger partial charge is 0.490 e. The summed E-state index contributed by atoms with van der Waals surface area (Å²) in [7, 11) is -3.70. The summed E-state index contributed by atoms with van der Waals surface area (Å²) in [5, 5.41) is 2.81. The van der Waals surface area contributed by atoms with Gasteiger partial charge >= 0.3 is 0 Å². The predicted octanol–water partition coefficient (Wildman–Crippen LogP) is 2.71. The lowest BCUT2D eigenvalue weighted by atomic mass is 10.1. The van der Waals surface area contributed by atoms with Crippen LogP contribution in [-0.4, -0.2) is 69.0 Å². The van der Waals surface area contributed by atoms with Crippen LogP contribution in [0.15, 0.2) is 47.4 Å². The number of carbonyl (C=O) groups is 1. The molecule has 1 N–H and O–H groups in total. The Morgan fingerprint density at radius 2 is 1.70 bits per heavy atom. The molecule has 0 aromatic heterocycles. The molecular formula is C23H28FN3O5S. The number of benzene rings is 2. The van der Waals surface area contributed by atoms with Gasteiger partial charge in [-0.05, 0) is 42.8 Å². The third kappa shape index (κ3) is 5.29. The second-order valence-corrected chi connectivity index (χ2v) is 9.96. The van der Waals surface area contributed by atoms with Crippen molar-refractivity contribution in [3.8, 4) is 11.5 Å². The highest BCUT2D eigenvalue weighted by Gasteiger charge is 2.33. The summed E-state index contributed by atoms with van der Waals surface area (Å²) < 4.78 is 52.2. The Hall–Kier alpha value is -2.69.